The molecule has 0 bridgehead atoms. The molecule has 145 valence electrons. The first-order valence-electron chi connectivity index (χ1n) is 7.13. The predicted octanol–water partition coefficient (Wildman–Crippen LogP) is -1.86. The maximum atomic E-state index is 10.4. The van der Waals surface area contributed by atoms with Crippen LogP contribution in [0, 0.1) is 0 Å². The summed E-state index contributed by atoms with van der Waals surface area (Å²) in [6, 6.07) is 11.8. The standard InChI is InChI=1S/C12H8N2.C5H4N2O4.Mn.2H2O/c1-3-9-5-6-10-4-2-8-14-12(10)11(9)13-7-1;8-3-1-2(4(9)10)6-5(11)7-3;;;/h1-8H;1H,(H,9,10)(H2,6,7,8,11);;2*1H2/q;;+2;;. The number of benzene rings is 1. The first kappa shape index (κ1) is 24.6. The summed E-state index contributed by atoms with van der Waals surface area (Å²) in [5.41, 5.74) is 0.499. The van der Waals surface area contributed by atoms with E-state index in [9.17, 15) is 19.8 Å². The van der Waals surface area contributed by atoms with Gasteiger partial charge in [-0.25, -0.2) is 4.98 Å². The Morgan fingerprint density at radius 2 is 1.43 bits per heavy atom. The summed E-state index contributed by atoms with van der Waals surface area (Å²) in [7, 11) is 0. The van der Waals surface area contributed by atoms with Gasteiger partial charge >= 0.3 is 17.1 Å². The molecule has 7 N–H and O–H groups in total. The predicted molar refractivity (Wildman–Crippen MR) is 95.4 cm³/mol. The number of fused-ring (bicyclic) bond motifs is 3. The average molecular weight is 427 g/mol. The van der Waals surface area contributed by atoms with Crippen LogP contribution in [0.15, 0.2) is 59.7 Å². The summed E-state index contributed by atoms with van der Waals surface area (Å²) in [5, 5.41) is 22.7. The number of aromatic carboxylic acids is 1. The summed E-state index contributed by atoms with van der Waals surface area (Å²) in [4.78, 5) is 33.9. The molecular weight excluding hydrogens is 411 g/mol. The van der Waals surface area contributed by atoms with E-state index in [1.165, 1.54) is 0 Å². The molecule has 28 heavy (non-hydrogen) atoms. The van der Waals surface area contributed by atoms with E-state index in [1.807, 2.05) is 12.1 Å². The van der Waals surface area contributed by atoms with Crippen molar-refractivity contribution in [2.75, 3.05) is 0 Å². The van der Waals surface area contributed by atoms with Gasteiger partial charge in [0.2, 0.25) is 0 Å². The van der Waals surface area contributed by atoms with Crippen LogP contribution < -0.4 is 15.8 Å². The average Bonchev–Trinajstić information content (AvgIpc) is 2.61. The molecular formula is C17H16MnN4O6+2. The van der Waals surface area contributed by atoms with E-state index in [0.29, 0.717) is 6.07 Å². The number of nitrogens with zero attached hydrogens (tertiary/aromatic N) is 3. The fourth-order valence-corrected chi connectivity index (χ4v) is 2.22. The maximum absolute atomic E-state index is 10.4. The van der Waals surface area contributed by atoms with Gasteiger partial charge in [-0.1, -0.05) is 24.3 Å². The number of hydrogen-bond acceptors (Lipinski definition) is 7. The number of H-pyrrole nitrogens is 1. The minimum Gasteiger partial charge on any atom is -0.846 e. The first-order chi connectivity index (χ1) is 12.0. The van der Waals surface area contributed by atoms with Gasteiger partial charge in [0.1, 0.15) is 0 Å². The third-order valence-electron chi connectivity index (χ3n) is 3.27. The number of carbonyl (C=O) groups excluding carboxylic acids is 1. The summed E-state index contributed by atoms with van der Waals surface area (Å²) >= 11 is 0. The van der Waals surface area contributed by atoms with Crippen LogP contribution in [0.25, 0.3) is 21.8 Å². The number of hydrogen-bond donors (Lipinski definition) is 1. The Morgan fingerprint density at radius 3 is 1.86 bits per heavy atom. The maximum Gasteiger partial charge on any atom is 2.00 e. The molecule has 0 amide bonds. The number of carbonyl (C=O) groups is 1. The van der Waals surface area contributed by atoms with E-state index < -0.39 is 23.2 Å². The first-order valence-corrected chi connectivity index (χ1v) is 7.13. The number of carboxylic acids is 1. The van der Waals surface area contributed by atoms with E-state index in [2.05, 4.69) is 39.2 Å². The Balaban J connectivity index is 0.000000483. The fourth-order valence-electron chi connectivity index (χ4n) is 2.22. The van der Waals surface area contributed by atoms with Crippen molar-refractivity contribution in [2.45, 2.75) is 0 Å². The van der Waals surface area contributed by atoms with Gasteiger partial charge in [0, 0.05) is 29.2 Å². The normalized spacial score (nSPS) is 9.14. The minimum atomic E-state index is -1.65. The van der Waals surface area contributed by atoms with Crippen molar-refractivity contribution in [3.63, 3.8) is 0 Å². The molecule has 0 aliphatic heterocycles. The zero-order chi connectivity index (χ0) is 17.8. The van der Waals surface area contributed by atoms with Crippen LogP contribution in [0.3, 0.4) is 0 Å². The van der Waals surface area contributed by atoms with Crippen molar-refractivity contribution in [1.82, 2.24) is 19.9 Å². The molecule has 4 rings (SSSR count). The molecule has 0 saturated heterocycles. The van der Waals surface area contributed by atoms with E-state index in [-0.39, 0.29) is 28.0 Å². The fraction of sp³-hybridized carbons (Fsp3) is 0. The van der Waals surface area contributed by atoms with Crippen LogP contribution in [0.4, 0.5) is 0 Å². The monoisotopic (exact) mass is 427 g/mol. The van der Waals surface area contributed by atoms with E-state index in [4.69, 9.17) is 0 Å². The second-order valence-electron chi connectivity index (χ2n) is 4.94. The van der Waals surface area contributed by atoms with Crippen LogP contribution in [0.1, 0.15) is 10.5 Å². The van der Waals surface area contributed by atoms with Crippen LogP contribution in [-0.4, -0.2) is 25.9 Å². The van der Waals surface area contributed by atoms with E-state index in [0.717, 1.165) is 21.8 Å². The van der Waals surface area contributed by atoms with Crippen molar-refractivity contribution in [2.24, 2.45) is 0 Å². The molecule has 1 radical (unpaired) electrons. The Morgan fingerprint density at radius 1 is 0.929 bits per heavy atom. The van der Waals surface area contributed by atoms with Crippen LogP contribution in [-0.2, 0) is 28.0 Å². The molecule has 0 fully saturated rings. The van der Waals surface area contributed by atoms with E-state index >= 15 is 0 Å². The largest absolute Gasteiger partial charge is 2.00 e. The second kappa shape index (κ2) is 10.7. The van der Waals surface area contributed by atoms with Gasteiger partial charge in [-0.2, -0.15) is 0 Å². The Labute approximate surface area is 168 Å². The number of pyridine rings is 2. The van der Waals surface area contributed by atoms with E-state index in [1.54, 1.807) is 17.4 Å². The topological polar surface area (TPSA) is 201 Å². The minimum absolute atomic E-state index is 0. The molecule has 1 aromatic carbocycles. The van der Waals surface area contributed by atoms with Gasteiger partial charge in [-0.3, -0.25) is 14.8 Å². The molecule has 3 aromatic heterocycles. The zero-order valence-electron chi connectivity index (χ0n) is 14.2. The van der Waals surface area contributed by atoms with Crippen molar-refractivity contribution in [1.29, 1.82) is 0 Å². The number of carboxylic acid groups (broad SMARTS) is 1. The molecule has 0 aliphatic carbocycles. The molecule has 0 spiro atoms. The van der Waals surface area contributed by atoms with Crippen molar-refractivity contribution in [3.05, 3.63) is 70.9 Å². The Bertz CT molecular complexity index is 1080. The molecule has 0 saturated carbocycles. The van der Waals surface area contributed by atoms with Gasteiger partial charge in [-0.15, -0.1) is 0 Å². The van der Waals surface area contributed by atoms with Gasteiger partial charge in [0.15, 0.2) is 0 Å². The number of nitrogens with one attached hydrogen (secondary N) is 1. The second-order valence-corrected chi connectivity index (χ2v) is 4.94. The quantitative estimate of drug-likeness (QED) is 0.208. The molecule has 4 aromatic rings. The van der Waals surface area contributed by atoms with Crippen molar-refractivity contribution in [3.8, 4) is 6.01 Å². The molecule has 11 heteroatoms. The van der Waals surface area contributed by atoms with Crippen LogP contribution >= 0.6 is 0 Å². The molecule has 3 heterocycles. The summed E-state index contributed by atoms with van der Waals surface area (Å²) < 4.78 is 0. The summed E-state index contributed by atoms with van der Waals surface area (Å²) in [6.07, 6.45) is 3.60. The Kier molecular flexibility index (Phi) is 9.41. The molecule has 0 atom stereocenters. The number of rotatable bonds is 1. The zero-order valence-corrected chi connectivity index (χ0v) is 15.4. The van der Waals surface area contributed by atoms with Crippen molar-refractivity contribution >= 4 is 27.8 Å². The van der Waals surface area contributed by atoms with Crippen LogP contribution in [0.5, 0.6) is 6.01 Å². The number of aromatic nitrogens is 4. The van der Waals surface area contributed by atoms with Gasteiger partial charge in [-0.05, 0) is 12.1 Å². The Hall–Kier alpha value is -3.37. The third kappa shape index (κ3) is 5.56. The number of aromatic amines is 1. The smallest absolute Gasteiger partial charge is 0.846 e. The molecule has 10 nitrogen and oxygen atoms in total. The summed E-state index contributed by atoms with van der Waals surface area (Å²) in [6.45, 7) is 0. The SMILES string of the molecule is O=C([O-])c1cc(=O)[nH]c([O-])n1.[Mn+2].[OH3+].[OH3+].c1cnc2c(c1)ccc1cccnc12. The van der Waals surface area contributed by atoms with Gasteiger partial charge in [0.25, 0.3) is 5.56 Å². The van der Waals surface area contributed by atoms with Crippen LogP contribution in [0.2, 0.25) is 0 Å². The van der Waals surface area contributed by atoms with Crippen molar-refractivity contribution < 1.29 is 43.0 Å². The van der Waals surface area contributed by atoms with Gasteiger partial charge < -0.3 is 30.9 Å². The molecule has 0 aliphatic rings. The third-order valence-corrected chi connectivity index (χ3v) is 3.27. The van der Waals surface area contributed by atoms with Gasteiger partial charge in [0.05, 0.1) is 28.7 Å². The summed E-state index contributed by atoms with van der Waals surface area (Å²) in [5.74, 6) is -1.65. The molecule has 0 unspecified atom stereocenters.